The number of methoxy groups -OCH3 is 1. The van der Waals surface area contributed by atoms with Crippen LogP contribution in [0.5, 0.6) is 5.88 Å². The van der Waals surface area contributed by atoms with Gasteiger partial charge >= 0.3 is 5.97 Å². The molecule has 2 N–H and O–H groups in total. The monoisotopic (exact) mass is 418 g/mol. The minimum absolute atomic E-state index is 0.182. The Balaban J connectivity index is 1.73. The third kappa shape index (κ3) is 6.07. The fraction of sp³-hybridized carbons (Fsp3) is 0.308. The Morgan fingerprint density at radius 2 is 1.65 bits per heavy atom. The van der Waals surface area contributed by atoms with Gasteiger partial charge in [0.2, 0.25) is 5.88 Å². The summed E-state index contributed by atoms with van der Waals surface area (Å²) in [6, 6.07) is 21.8. The standard InChI is InChI=1S/C26H30N2O3/c1-26(2,25(29)30-3)15-7-8-16-31-24-18-21(19-11-13-22(27)14-12-19)17-23(28-24)20-9-5-4-6-10-20/h4-6,9-14,17-18H,7-8,15-16,27H2,1-3H3. The first-order chi connectivity index (χ1) is 14.9. The zero-order valence-corrected chi connectivity index (χ0v) is 18.4. The van der Waals surface area contributed by atoms with Gasteiger partial charge in [-0.15, -0.1) is 0 Å². The lowest BCUT2D eigenvalue weighted by molar-refractivity contribution is -0.151. The third-order valence-corrected chi connectivity index (χ3v) is 5.30. The Hall–Kier alpha value is -3.34. The van der Waals surface area contributed by atoms with Crippen molar-refractivity contribution in [1.82, 2.24) is 4.98 Å². The molecule has 31 heavy (non-hydrogen) atoms. The number of nitrogens with zero attached hydrogens (tertiary/aromatic N) is 1. The molecule has 0 fully saturated rings. The molecule has 162 valence electrons. The number of anilines is 1. The molecular formula is C26H30N2O3. The number of carbonyl (C=O) groups is 1. The van der Waals surface area contributed by atoms with Crippen LogP contribution in [0.15, 0.2) is 66.7 Å². The second-order valence-electron chi connectivity index (χ2n) is 8.25. The number of hydrogen-bond acceptors (Lipinski definition) is 5. The molecule has 1 heterocycles. The average Bonchev–Trinajstić information content (AvgIpc) is 2.79. The van der Waals surface area contributed by atoms with Crippen LogP contribution in [0.3, 0.4) is 0 Å². The molecule has 0 amide bonds. The number of rotatable bonds is 9. The number of hydrogen-bond donors (Lipinski definition) is 1. The number of esters is 1. The van der Waals surface area contributed by atoms with Gasteiger partial charge < -0.3 is 15.2 Å². The van der Waals surface area contributed by atoms with Gasteiger partial charge in [0.25, 0.3) is 0 Å². The van der Waals surface area contributed by atoms with Gasteiger partial charge in [-0.25, -0.2) is 4.98 Å². The van der Waals surface area contributed by atoms with Crippen molar-refractivity contribution < 1.29 is 14.3 Å². The van der Waals surface area contributed by atoms with E-state index in [1.165, 1.54) is 7.11 Å². The highest BCUT2D eigenvalue weighted by molar-refractivity contribution is 5.75. The van der Waals surface area contributed by atoms with Crippen molar-refractivity contribution in [1.29, 1.82) is 0 Å². The Bertz CT molecular complexity index is 999. The zero-order chi connectivity index (χ0) is 22.3. The van der Waals surface area contributed by atoms with Crippen LogP contribution in [0.1, 0.15) is 33.1 Å². The van der Waals surface area contributed by atoms with Gasteiger partial charge in [-0.1, -0.05) is 42.5 Å². The highest BCUT2D eigenvalue weighted by Crippen LogP contribution is 2.30. The predicted molar refractivity (Wildman–Crippen MR) is 125 cm³/mol. The minimum atomic E-state index is -0.484. The summed E-state index contributed by atoms with van der Waals surface area (Å²) >= 11 is 0. The molecule has 3 rings (SSSR count). The Morgan fingerprint density at radius 3 is 2.32 bits per heavy atom. The quantitative estimate of drug-likeness (QED) is 0.272. The number of nitrogens with two attached hydrogens (primary N) is 1. The molecule has 0 aliphatic carbocycles. The van der Waals surface area contributed by atoms with Gasteiger partial charge in [-0.2, -0.15) is 0 Å². The second kappa shape index (κ2) is 10.1. The molecule has 1 aromatic heterocycles. The minimum Gasteiger partial charge on any atom is -0.478 e. The first-order valence-electron chi connectivity index (χ1n) is 10.5. The van der Waals surface area contributed by atoms with E-state index in [1.54, 1.807) is 0 Å². The molecular weight excluding hydrogens is 388 g/mol. The van der Waals surface area contributed by atoms with Crippen LogP contribution >= 0.6 is 0 Å². The summed E-state index contributed by atoms with van der Waals surface area (Å²) in [5, 5.41) is 0. The van der Waals surface area contributed by atoms with Crippen molar-refractivity contribution in [2.75, 3.05) is 19.5 Å². The SMILES string of the molecule is COC(=O)C(C)(C)CCCCOc1cc(-c2ccc(N)cc2)cc(-c2ccccc2)n1. The number of carbonyl (C=O) groups excluding carboxylic acids is 1. The Kier molecular flexibility index (Phi) is 7.29. The van der Waals surface area contributed by atoms with Gasteiger partial charge in [0.05, 0.1) is 24.8 Å². The van der Waals surface area contributed by atoms with Crippen LogP contribution in [0.25, 0.3) is 22.4 Å². The van der Waals surface area contributed by atoms with Crippen LogP contribution in [0.2, 0.25) is 0 Å². The van der Waals surface area contributed by atoms with E-state index in [9.17, 15) is 4.79 Å². The summed E-state index contributed by atoms with van der Waals surface area (Å²) in [5.74, 6) is 0.402. The van der Waals surface area contributed by atoms with Crippen LogP contribution < -0.4 is 10.5 Å². The molecule has 5 nitrogen and oxygen atoms in total. The first kappa shape index (κ1) is 22.3. The number of unbranched alkanes of at least 4 members (excludes halogenated alkanes) is 1. The lowest BCUT2D eigenvalue weighted by Crippen LogP contribution is -2.25. The molecule has 0 saturated carbocycles. The summed E-state index contributed by atoms with van der Waals surface area (Å²) in [4.78, 5) is 16.5. The lowest BCUT2D eigenvalue weighted by Gasteiger charge is -2.21. The molecule has 3 aromatic rings. The topological polar surface area (TPSA) is 74.4 Å². The van der Waals surface area contributed by atoms with E-state index < -0.39 is 5.41 Å². The van der Waals surface area contributed by atoms with Gasteiger partial charge in [-0.05, 0) is 62.4 Å². The highest BCUT2D eigenvalue weighted by atomic mass is 16.5. The molecule has 5 heteroatoms. The van der Waals surface area contributed by atoms with E-state index in [4.69, 9.17) is 20.2 Å². The van der Waals surface area contributed by atoms with Crippen molar-refractivity contribution >= 4 is 11.7 Å². The summed E-state index contributed by atoms with van der Waals surface area (Å²) in [6.45, 7) is 4.34. The normalized spacial score (nSPS) is 11.2. The van der Waals surface area contributed by atoms with Crippen molar-refractivity contribution in [2.24, 2.45) is 5.41 Å². The van der Waals surface area contributed by atoms with Gasteiger partial charge in [0, 0.05) is 17.3 Å². The van der Waals surface area contributed by atoms with Crippen LogP contribution in [0, 0.1) is 5.41 Å². The van der Waals surface area contributed by atoms with E-state index in [1.807, 2.05) is 74.5 Å². The Labute approximate surface area is 184 Å². The summed E-state index contributed by atoms with van der Waals surface area (Å²) < 4.78 is 10.9. The van der Waals surface area contributed by atoms with Crippen LogP contribution in [-0.2, 0) is 9.53 Å². The number of nitrogen functional groups attached to an aromatic ring is 1. The second-order valence-corrected chi connectivity index (χ2v) is 8.25. The summed E-state index contributed by atoms with van der Waals surface area (Å²) in [7, 11) is 1.43. The summed E-state index contributed by atoms with van der Waals surface area (Å²) in [5.41, 5.74) is 10.1. The number of aromatic nitrogens is 1. The van der Waals surface area contributed by atoms with Crippen molar-refractivity contribution in [3.05, 3.63) is 66.7 Å². The maximum absolute atomic E-state index is 11.8. The van der Waals surface area contributed by atoms with Gasteiger partial charge in [0.1, 0.15) is 0 Å². The molecule has 0 bridgehead atoms. The molecule has 0 atom stereocenters. The predicted octanol–water partition coefficient (Wildman–Crippen LogP) is 5.75. The van der Waals surface area contributed by atoms with E-state index in [2.05, 4.69) is 6.07 Å². The van der Waals surface area contributed by atoms with Gasteiger partial charge in [0.15, 0.2) is 0 Å². The number of pyridine rings is 1. The van der Waals surface area contributed by atoms with Crippen LogP contribution in [-0.4, -0.2) is 24.7 Å². The largest absolute Gasteiger partial charge is 0.478 e. The lowest BCUT2D eigenvalue weighted by atomic mass is 9.87. The maximum Gasteiger partial charge on any atom is 0.311 e. The molecule has 0 saturated heterocycles. The molecule has 0 unspecified atom stereocenters. The fourth-order valence-electron chi connectivity index (χ4n) is 3.40. The van der Waals surface area contributed by atoms with Gasteiger partial charge in [-0.3, -0.25) is 4.79 Å². The molecule has 2 aromatic carbocycles. The first-order valence-corrected chi connectivity index (χ1v) is 10.5. The number of ether oxygens (including phenoxy) is 2. The highest BCUT2D eigenvalue weighted by Gasteiger charge is 2.27. The van der Waals surface area contributed by atoms with E-state index in [-0.39, 0.29) is 5.97 Å². The average molecular weight is 419 g/mol. The van der Waals surface area contributed by atoms with Crippen LogP contribution in [0.4, 0.5) is 5.69 Å². The number of benzene rings is 2. The van der Waals surface area contributed by atoms with Crippen molar-refractivity contribution in [3.8, 4) is 28.3 Å². The van der Waals surface area contributed by atoms with E-state index in [0.717, 1.165) is 47.3 Å². The maximum atomic E-state index is 11.8. The molecule has 0 radical (unpaired) electrons. The van der Waals surface area contributed by atoms with E-state index in [0.29, 0.717) is 12.5 Å². The molecule has 0 aliphatic rings. The fourth-order valence-corrected chi connectivity index (χ4v) is 3.40. The molecule has 0 spiro atoms. The van der Waals surface area contributed by atoms with E-state index >= 15 is 0 Å². The summed E-state index contributed by atoms with van der Waals surface area (Å²) in [6.07, 6.45) is 2.44. The smallest absolute Gasteiger partial charge is 0.311 e. The van der Waals surface area contributed by atoms with Crippen molar-refractivity contribution in [3.63, 3.8) is 0 Å². The third-order valence-electron chi connectivity index (χ3n) is 5.30. The molecule has 0 aliphatic heterocycles. The Morgan fingerprint density at radius 1 is 0.935 bits per heavy atom. The zero-order valence-electron chi connectivity index (χ0n) is 18.4. The van der Waals surface area contributed by atoms with Crippen molar-refractivity contribution in [2.45, 2.75) is 33.1 Å².